The Kier molecular flexibility index (Phi) is 6.23. The monoisotopic (exact) mass is 438 g/mol. The molecule has 1 unspecified atom stereocenters. The van der Waals surface area contributed by atoms with Crippen LogP contribution in [0.3, 0.4) is 0 Å². The Bertz CT molecular complexity index is 1110. The van der Waals surface area contributed by atoms with Crippen molar-refractivity contribution in [1.29, 1.82) is 0 Å². The maximum Gasteiger partial charge on any atom is 0.303 e. The van der Waals surface area contributed by atoms with Gasteiger partial charge in [-0.3, -0.25) is 14.6 Å². The summed E-state index contributed by atoms with van der Waals surface area (Å²) in [5.74, 6) is -0.319. The van der Waals surface area contributed by atoms with Gasteiger partial charge in [0.05, 0.1) is 5.52 Å². The van der Waals surface area contributed by atoms with E-state index in [0.29, 0.717) is 18.8 Å². The van der Waals surface area contributed by atoms with Crippen LogP contribution in [-0.2, 0) is 9.59 Å². The molecule has 0 spiro atoms. The minimum Gasteiger partial charge on any atom is -0.481 e. The van der Waals surface area contributed by atoms with Crippen molar-refractivity contribution in [3.8, 4) is 16.9 Å². The number of carboxylic acids is 1. The first-order chi connectivity index (χ1) is 14.9. The fourth-order valence-corrected chi connectivity index (χ4v) is 5.00. The molecule has 1 saturated heterocycles. The first-order valence-electron chi connectivity index (χ1n) is 10.5. The zero-order valence-electron chi connectivity index (χ0n) is 17.7. The van der Waals surface area contributed by atoms with E-state index in [0.717, 1.165) is 29.3 Å². The summed E-state index contributed by atoms with van der Waals surface area (Å²) < 4.78 is 5.96. The number of hydrogen-bond donors (Lipinski definition) is 1. The lowest BCUT2D eigenvalue weighted by molar-refractivity contribution is -0.143. The first kappa shape index (κ1) is 21.3. The Balaban J connectivity index is 1.49. The zero-order valence-corrected chi connectivity index (χ0v) is 18.5. The maximum atomic E-state index is 12.9. The molecule has 2 aromatic heterocycles. The molecule has 6 nitrogen and oxygen atoms in total. The number of aliphatic carboxylic acids is 1. The molecule has 162 valence electrons. The van der Waals surface area contributed by atoms with Crippen LogP contribution in [0.15, 0.2) is 41.9 Å². The van der Waals surface area contributed by atoms with E-state index in [1.54, 1.807) is 29.4 Å². The highest BCUT2D eigenvalue weighted by Gasteiger charge is 2.29. The molecule has 0 saturated carbocycles. The summed E-state index contributed by atoms with van der Waals surface area (Å²) in [6, 6.07) is 9.88. The van der Waals surface area contributed by atoms with E-state index in [9.17, 15) is 9.59 Å². The molecule has 0 radical (unpaired) electrons. The molecule has 1 fully saturated rings. The highest BCUT2D eigenvalue weighted by molar-refractivity contribution is 7.10. The van der Waals surface area contributed by atoms with Crippen molar-refractivity contribution < 1.29 is 19.4 Å². The number of carbonyl (C=O) groups excluding carboxylic acids is 1. The molecule has 31 heavy (non-hydrogen) atoms. The molecule has 1 aliphatic heterocycles. The number of pyridine rings is 1. The van der Waals surface area contributed by atoms with E-state index >= 15 is 0 Å². The van der Waals surface area contributed by atoms with Crippen molar-refractivity contribution in [2.75, 3.05) is 13.1 Å². The smallest absolute Gasteiger partial charge is 0.303 e. The van der Waals surface area contributed by atoms with Crippen LogP contribution in [0.4, 0.5) is 0 Å². The molecule has 7 heteroatoms. The molecule has 1 aromatic carbocycles. The average molecular weight is 439 g/mol. The minimum atomic E-state index is -0.815. The molecule has 1 aliphatic rings. The lowest BCUT2D eigenvalue weighted by atomic mass is 9.94. The maximum absolute atomic E-state index is 12.9. The van der Waals surface area contributed by atoms with Crippen molar-refractivity contribution >= 4 is 34.1 Å². The van der Waals surface area contributed by atoms with Crippen LogP contribution in [0, 0.1) is 12.8 Å². The summed E-state index contributed by atoms with van der Waals surface area (Å²) >= 11 is 1.72. The van der Waals surface area contributed by atoms with Gasteiger partial charge in [0.15, 0.2) is 6.10 Å². The van der Waals surface area contributed by atoms with Crippen LogP contribution in [-0.4, -0.2) is 46.1 Å². The second kappa shape index (κ2) is 9.06. The summed E-state index contributed by atoms with van der Waals surface area (Å²) in [4.78, 5) is 31.4. The van der Waals surface area contributed by atoms with Crippen molar-refractivity contribution in [1.82, 2.24) is 9.88 Å². The van der Waals surface area contributed by atoms with Crippen LogP contribution in [0.2, 0.25) is 0 Å². The quantitative estimate of drug-likeness (QED) is 0.601. The van der Waals surface area contributed by atoms with E-state index < -0.39 is 12.1 Å². The van der Waals surface area contributed by atoms with Gasteiger partial charge < -0.3 is 14.7 Å². The number of aromatic nitrogens is 1. The molecule has 1 N–H and O–H groups in total. The molecule has 0 bridgehead atoms. The number of ether oxygens (including phenoxy) is 1. The number of rotatable bonds is 6. The second-order valence-corrected chi connectivity index (χ2v) is 9.20. The van der Waals surface area contributed by atoms with E-state index in [1.165, 1.54) is 10.4 Å². The Morgan fingerprint density at radius 2 is 2.13 bits per heavy atom. The first-order valence-corrected chi connectivity index (χ1v) is 11.4. The Morgan fingerprint density at radius 3 is 2.87 bits per heavy atom. The number of fused-ring (bicyclic) bond motifs is 1. The van der Waals surface area contributed by atoms with Crippen LogP contribution in [0.5, 0.6) is 5.75 Å². The summed E-state index contributed by atoms with van der Waals surface area (Å²) in [7, 11) is 0. The predicted octanol–water partition coefficient (Wildman–Crippen LogP) is 4.75. The Labute approximate surface area is 185 Å². The highest BCUT2D eigenvalue weighted by Crippen LogP contribution is 2.34. The van der Waals surface area contributed by atoms with Gasteiger partial charge in [0.2, 0.25) is 0 Å². The highest BCUT2D eigenvalue weighted by atomic mass is 32.1. The van der Waals surface area contributed by atoms with Gasteiger partial charge in [0.1, 0.15) is 5.75 Å². The third-order valence-corrected chi connectivity index (χ3v) is 6.66. The number of thiophene rings is 1. The van der Waals surface area contributed by atoms with E-state index in [2.05, 4.69) is 23.4 Å². The van der Waals surface area contributed by atoms with Gasteiger partial charge in [-0.1, -0.05) is 0 Å². The predicted molar refractivity (Wildman–Crippen MR) is 121 cm³/mol. The van der Waals surface area contributed by atoms with Gasteiger partial charge in [-0.15, -0.1) is 11.3 Å². The Morgan fingerprint density at radius 1 is 1.29 bits per heavy atom. The summed E-state index contributed by atoms with van der Waals surface area (Å²) in [5, 5.41) is 12.2. The number of piperidine rings is 1. The molecular formula is C24H26N2O4S. The van der Waals surface area contributed by atoms with E-state index in [4.69, 9.17) is 9.84 Å². The van der Waals surface area contributed by atoms with E-state index in [-0.39, 0.29) is 18.2 Å². The number of likely N-dealkylation sites (tertiary alicyclic amines) is 1. The molecule has 3 aromatic rings. The van der Waals surface area contributed by atoms with Gasteiger partial charge in [0.25, 0.3) is 5.91 Å². The Hall–Kier alpha value is -2.93. The standard InChI is InChI=1S/C24H26N2O4S/c1-15(24(29)26-10-3-4-17(14-26)12-23(27)28)30-18-5-6-21-20(7-9-25-22(21)13-18)19-8-11-31-16(19)2/h5-9,11,13,15,17H,3-4,10,12,14H2,1-2H3,(H,27,28)/t15?,17-/m1/s1. The van der Waals surface area contributed by atoms with Crippen molar-refractivity contribution in [3.63, 3.8) is 0 Å². The molecular weight excluding hydrogens is 412 g/mol. The average Bonchev–Trinajstić information content (AvgIpc) is 3.18. The third-order valence-electron chi connectivity index (χ3n) is 5.82. The fraction of sp³-hybridized carbons (Fsp3) is 0.375. The number of nitrogens with zero attached hydrogens (tertiary/aromatic N) is 2. The van der Waals surface area contributed by atoms with E-state index in [1.807, 2.05) is 24.3 Å². The number of aryl methyl sites for hydroxylation is 1. The molecule has 2 atom stereocenters. The number of hydrogen-bond acceptors (Lipinski definition) is 5. The zero-order chi connectivity index (χ0) is 22.0. The number of benzene rings is 1. The van der Waals surface area contributed by atoms with Crippen LogP contribution >= 0.6 is 11.3 Å². The number of carboxylic acid groups (broad SMARTS) is 1. The fourth-order valence-electron chi connectivity index (χ4n) is 4.29. The number of amides is 1. The normalized spacial score (nSPS) is 17.5. The van der Waals surface area contributed by atoms with Crippen molar-refractivity contribution in [3.05, 3.63) is 46.8 Å². The molecule has 4 rings (SSSR count). The third kappa shape index (κ3) is 4.71. The topological polar surface area (TPSA) is 79.7 Å². The van der Waals surface area contributed by atoms with Crippen LogP contribution < -0.4 is 4.74 Å². The molecule has 3 heterocycles. The van der Waals surface area contributed by atoms with Crippen LogP contribution in [0.25, 0.3) is 22.0 Å². The minimum absolute atomic E-state index is 0.00579. The lowest BCUT2D eigenvalue weighted by Crippen LogP contribution is -2.46. The van der Waals surface area contributed by atoms with Crippen molar-refractivity contribution in [2.45, 2.75) is 39.2 Å². The molecule has 0 aliphatic carbocycles. The van der Waals surface area contributed by atoms with Gasteiger partial charge >= 0.3 is 5.97 Å². The van der Waals surface area contributed by atoms with Crippen LogP contribution in [0.1, 0.15) is 31.1 Å². The number of carbonyl (C=O) groups is 2. The summed E-state index contributed by atoms with van der Waals surface area (Å²) in [5.41, 5.74) is 3.16. The van der Waals surface area contributed by atoms with Gasteiger partial charge in [-0.05, 0) is 73.4 Å². The largest absolute Gasteiger partial charge is 0.481 e. The summed E-state index contributed by atoms with van der Waals surface area (Å²) in [6.45, 7) is 4.97. The van der Waals surface area contributed by atoms with Gasteiger partial charge in [-0.2, -0.15) is 0 Å². The second-order valence-electron chi connectivity index (χ2n) is 8.08. The molecule has 1 amide bonds. The summed E-state index contributed by atoms with van der Waals surface area (Å²) in [6.07, 6.45) is 2.91. The lowest BCUT2D eigenvalue weighted by Gasteiger charge is -2.33. The van der Waals surface area contributed by atoms with Gasteiger partial charge in [-0.25, -0.2) is 0 Å². The SMILES string of the molecule is Cc1sccc1-c1ccnc2cc(OC(C)C(=O)N3CCC[C@H](CC(=O)O)C3)ccc12. The van der Waals surface area contributed by atoms with Crippen molar-refractivity contribution in [2.24, 2.45) is 5.92 Å². The van der Waals surface area contributed by atoms with Gasteiger partial charge in [0, 0.05) is 42.0 Å².